The smallest absolute Gasteiger partial charge is 0.343 e. The number of cyclic esters (lactones) is 1. The Hall–Kier alpha value is -2.83. The van der Waals surface area contributed by atoms with Gasteiger partial charge < -0.3 is 14.2 Å². The van der Waals surface area contributed by atoms with Gasteiger partial charge in [0.25, 0.3) is 0 Å². The maximum atomic E-state index is 12.3. The molecule has 1 aliphatic heterocycles. The Morgan fingerprint density at radius 3 is 2.39 bits per heavy atom. The summed E-state index contributed by atoms with van der Waals surface area (Å²) in [7, 11) is 1.61. The van der Waals surface area contributed by atoms with Gasteiger partial charge in [0.2, 0.25) is 0 Å². The number of hydrogen-bond donors (Lipinski definition) is 0. The molecule has 0 radical (unpaired) electrons. The summed E-state index contributed by atoms with van der Waals surface area (Å²) >= 11 is 6.98. The molecule has 31 heavy (non-hydrogen) atoms. The molecule has 0 N–H and O–H groups in total. The van der Waals surface area contributed by atoms with E-state index in [1.54, 1.807) is 19.3 Å². The van der Waals surface area contributed by atoms with Crippen LogP contribution < -0.4 is 9.47 Å². The minimum absolute atomic E-state index is 0.377. The quantitative estimate of drug-likeness (QED) is 0.255. The second-order valence-corrected chi connectivity index (χ2v) is 8.60. The SMILES string of the molecule is COc1ccc(C2=C/C(=C\c3ccc(OCc4ccc(Br)cc4)c(Br)c3)C(=O)O2)cc1. The topological polar surface area (TPSA) is 44.8 Å². The summed E-state index contributed by atoms with van der Waals surface area (Å²) in [5.41, 5.74) is 3.24. The van der Waals surface area contributed by atoms with Crippen LogP contribution in [0.15, 0.2) is 87.3 Å². The van der Waals surface area contributed by atoms with Crippen molar-refractivity contribution in [2.24, 2.45) is 0 Å². The number of halogens is 2. The molecule has 1 aliphatic rings. The van der Waals surface area contributed by atoms with Crippen LogP contribution in [0, 0.1) is 0 Å². The highest BCUT2D eigenvalue weighted by Gasteiger charge is 2.22. The monoisotopic (exact) mass is 540 g/mol. The van der Waals surface area contributed by atoms with Crippen LogP contribution in [-0.4, -0.2) is 13.1 Å². The molecule has 4 rings (SSSR count). The highest BCUT2D eigenvalue weighted by molar-refractivity contribution is 9.10. The molecule has 0 unspecified atom stereocenters. The van der Waals surface area contributed by atoms with E-state index >= 15 is 0 Å². The number of esters is 1. The van der Waals surface area contributed by atoms with Crippen molar-refractivity contribution in [1.82, 2.24) is 0 Å². The van der Waals surface area contributed by atoms with Gasteiger partial charge in [-0.3, -0.25) is 0 Å². The van der Waals surface area contributed by atoms with Crippen molar-refractivity contribution in [1.29, 1.82) is 0 Å². The van der Waals surface area contributed by atoms with Crippen molar-refractivity contribution in [2.75, 3.05) is 7.11 Å². The predicted octanol–water partition coefficient (Wildman–Crippen LogP) is 6.78. The highest BCUT2D eigenvalue weighted by Crippen LogP contribution is 2.31. The molecule has 0 saturated carbocycles. The van der Waals surface area contributed by atoms with E-state index in [4.69, 9.17) is 14.2 Å². The van der Waals surface area contributed by atoms with Crippen LogP contribution in [0.5, 0.6) is 11.5 Å². The lowest BCUT2D eigenvalue weighted by Gasteiger charge is -2.09. The predicted molar refractivity (Wildman–Crippen MR) is 128 cm³/mol. The van der Waals surface area contributed by atoms with Gasteiger partial charge >= 0.3 is 5.97 Å². The minimum Gasteiger partial charge on any atom is -0.497 e. The van der Waals surface area contributed by atoms with Gasteiger partial charge in [-0.15, -0.1) is 0 Å². The van der Waals surface area contributed by atoms with Crippen LogP contribution >= 0.6 is 31.9 Å². The second-order valence-electron chi connectivity index (χ2n) is 6.83. The standard InChI is InChI=1S/C25H18Br2O4/c1-29-21-9-5-18(6-10-21)24-14-19(25(28)31-24)12-17-4-11-23(22(27)13-17)30-15-16-2-7-20(26)8-3-16/h2-14H,15H2,1H3/b19-12+. The largest absolute Gasteiger partial charge is 0.497 e. The molecule has 0 aromatic heterocycles. The summed E-state index contributed by atoms with van der Waals surface area (Å²) < 4.78 is 18.3. The van der Waals surface area contributed by atoms with Crippen molar-refractivity contribution >= 4 is 49.7 Å². The Balaban J connectivity index is 1.48. The van der Waals surface area contributed by atoms with E-state index in [-0.39, 0.29) is 5.97 Å². The van der Waals surface area contributed by atoms with E-state index in [0.717, 1.165) is 37.1 Å². The van der Waals surface area contributed by atoms with Crippen LogP contribution in [-0.2, 0) is 16.1 Å². The first-order chi connectivity index (χ1) is 15.0. The van der Waals surface area contributed by atoms with Crippen molar-refractivity contribution in [3.05, 3.63) is 104 Å². The highest BCUT2D eigenvalue weighted by atomic mass is 79.9. The molecule has 6 heteroatoms. The fourth-order valence-corrected chi connectivity index (χ4v) is 3.81. The van der Waals surface area contributed by atoms with Gasteiger partial charge in [-0.1, -0.05) is 34.1 Å². The fraction of sp³-hybridized carbons (Fsp3) is 0.0800. The van der Waals surface area contributed by atoms with Gasteiger partial charge in [-0.2, -0.15) is 0 Å². The number of rotatable bonds is 6. The molecule has 156 valence electrons. The molecule has 0 atom stereocenters. The lowest BCUT2D eigenvalue weighted by molar-refractivity contribution is -0.130. The van der Waals surface area contributed by atoms with Gasteiger partial charge in [0.15, 0.2) is 0 Å². The van der Waals surface area contributed by atoms with E-state index in [0.29, 0.717) is 17.9 Å². The molecule has 0 aliphatic carbocycles. The van der Waals surface area contributed by atoms with Crippen molar-refractivity contribution in [3.8, 4) is 11.5 Å². The van der Waals surface area contributed by atoms with E-state index in [1.807, 2.05) is 66.7 Å². The zero-order valence-corrected chi connectivity index (χ0v) is 19.8. The Kier molecular flexibility index (Phi) is 6.59. The third kappa shape index (κ3) is 5.27. The van der Waals surface area contributed by atoms with Gasteiger partial charge in [0, 0.05) is 10.0 Å². The van der Waals surface area contributed by atoms with Gasteiger partial charge in [0.05, 0.1) is 17.2 Å². The third-order valence-corrected chi connectivity index (χ3v) is 5.83. The van der Waals surface area contributed by atoms with Crippen LogP contribution in [0.3, 0.4) is 0 Å². The first-order valence-electron chi connectivity index (χ1n) is 9.48. The molecule has 0 saturated heterocycles. The van der Waals surface area contributed by atoms with Crippen LogP contribution in [0.25, 0.3) is 11.8 Å². The third-order valence-electron chi connectivity index (χ3n) is 4.69. The molecular formula is C25H18Br2O4. The minimum atomic E-state index is -0.377. The van der Waals surface area contributed by atoms with Gasteiger partial charge in [-0.25, -0.2) is 4.79 Å². The first-order valence-corrected chi connectivity index (χ1v) is 11.1. The summed E-state index contributed by atoms with van der Waals surface area (Å²) in [6, 6.07) is 21.1. The normalized spacial score (nSPS) is 14.4. The Morgan fingerprint density at radius 2 is 1.71 bits per heavy atom. The molecule has 0 amide bonds. The van der Waals surface area contributed by atoms with Gasteiger partial charge in [-0.05, 0) is 87.7 Å². The average molecular weight is 542 g/mol. The van der Waals surface area contributed by atoms with E-state index in [9.17, 15) is 4.79 Å². The van der Waals surface area contributed by atoms with Crippen molar-refractivity contribution < 1.29 is 19.0 Å². The first kappa shape index (κ1) is 21.4. The maximum absolute atomic E-state index is 12.3. The molecule has 3 aromatic carbocycles. The Labute approximate surface area is 197 Å². The lowest BCUT2D eigenvalue weighted by atomic mass is 10.1. The number of hydrogen-bond acceptors (Lipinski definition) is 4. The molecule has 0 spiro atoms. The molecule has 1 heterocycles. The fourth-order valence-electron chi connectivity index (χ4n) is 3.03. The summed E-state index contributed by atoms with van der Waals surface area (Å²) in [5, 5.41) is 0. The summed E-state index contributed by atoms with van der Waals surface area (Å²) in [6.07, 6.45) is 3.54. The average Bonchev–Trinajstić information content (AvgIpc) is 3.14. The lowest BCUT2D eigenvalue weighted by Crippen LogP contribution is -1.98. The van der Waals surface area contributed by atoms with Crippen LogP contribution in [0.2, 0.25) is 0 Å². The zero-order valence-electron chi connectivity index (χ0n) is 16.6. The molecule has 3 aromatic rings. The summed E-state index contributed by atoms with van der Waals surface area (Å²) in [4.78, 5) is 12.3. The molecule has 0 bridgehead atoms. The Morgan fingerprint density at radius 1 is 0.968 bits per heavy atom. The molecule has 4 nitrogen and oxygen atoms in total. The van der Waals surface area contributed by atoms with Crippen molar-refractivity contribution in [2.45, 2.75) is 6.61 Å². The Bertz CT molecular complexity index is 1160. The number of ether oxygens (including phenoxy) is 3. The summed E-state index contributed by atoms with van der Waals surface area (Å²) in [6.45, 7) is 0.465. The van der Waals surface area contributed by atoms with E-state index in [1.165, 1.54) is 0 Å². The molecule has 0 fully saturated rings. The number of carbonyl (C=O) groups is 1. The van der Waals surface area contributed by atoms with E-state index < -0.39 is 0 Å². The van der Waals surface area contributed by atoms with Crippen molar-refractivity contribution in [3.63, 3.8) is 0 Å². The summed E-state index contributed by atoms with van der Waals surface area (Å²) in [5.74, 6) is 1.62. The van der Waals surface area contributed by atoms with E-state index in [2.05, 4.69) is 31.9 Å². The number of methoxy groups -OCH3 is 1. The van der Waals surface area contributed by atoms with Crippen LogP contribution in [0.1, 0.15) is 16.7 Å². The second kappa shape index (κ2) is 9.54. The van der Waals surface area contributed by atoms with Crippen LogP contribution in [0.4, 0.5) is 0 Å². The zero-order chi connectivity index (χ0) is 21.8. The van der Waals surface area contributed by atoms with Gasteiger partial charge in [0.1, 0.15) is 23.9 Å². The maximum Gasteiger partial charge on any atom is 0.343 e. The number of carbonyl (C=O) groups excluding carboxylic acids is 1. The molecular weight excluding hydrogens is 524 g/mol. The number of benzene rings is 3.